The van der Waals surface area contributed by atoms with Crippen LogP contribution in [0.5, 0.6) is 11.5 Å². The Morgan fingerprint density at radius 2 is 1.45 bits per heavy atom. The molecular formula is C27H22F6N2O3. The number of amides is 2. The second-order valence-electron chi connectivity index (χ2n) is 8.82. The molecule has 5 nitrogen and oxygen atoms in total. The Labute approximate surface area is 214 Å². The van der Waals surface area contributed by atoms with Gasteiger partial charge in [0.15, 0.2) is 0 Å². The summed E-state index contributed by atoms with van der Waals surface area (Å²) in [6, 6.07) is 16.4. The molecule has 1 N–H and O–H groups in total. The number of anilines is 1. The molecule has 3 aromatic rings. The van der Waals surface area contributed by atoms with E-state index in [-0.39, 0.29) is 19.2 Å². The highest BCUT2D eigenvalue weighted by Gasteiger charge is 2.38. The zero-order valence-electron chi connectivity index (χ0n) is 19.8. The van der Waals surface area contributed by atoms with Gasteiger partial charge in [-0.25, -0.2) is 0 Å². The van der Waals surface area contributed by atoms with Gasteiger partial charge in [0.2, 0.25) is 5.91 Å². The molecule has 1 aliphatic rings. The summed E-state index contributed by atoms with van der Waals surface area (Å²) < 4.78 is 85.0. The van der Waals surface area contributed by atoms with Gasteiger partial charge in [-0.05, 0) is 55.3 Å². The number of para-hydroxylation sites is 1. The molecular weight excluding hydrogens is 514 g/mol. The molecule has 0 aromatic heterocycles. The molecule has 0 spiro atoms. The lowest BCUT2D eigenvalue weighted by atomic mass is 9.95. The summed E-state index contributed by atoms with van der Waals surface area (Å²) in [6.07, 6.45) is -9.39. The van der Waals surface area contributed by atoms with Crippen LogP contribution in [0, 0.1) is 5.92 Å². The molecule has 1 fully saturated rings. The number of benzene rings is 3. The van der Waals surface area contributed by atoms with E-state index in [0.717, 1.165) is 4.90 Å². The Hall–Kier alpha value is -4.02. The van der Waals surface area contributed by atoms with Crippen LogP contribution in [0.15, 0.2) is 72.8 Å². The Morgan fingerprint density at radius 1 is 0.816 bits per heavy atom. The Bertz CT molecular complexity index is 1280. The van der Waals surface area contributed by atoms with Crippen molar-refractivity contribution in [2.75, 3.05) is 18.4 Å². The van der Waals surface area contributed by atoms with E-state index >= 15 is 0 Å². The first kappa shape index (κ1) is 27.0. The van der Waals surface area contributed by atoms with Crippen molar-refractivity contribution in [2.24, 2.45) is 5.92 Å². The predicted molar refractivity (Wildman–Crippen MR) is 127 cm³/mol. The van der Waals surface area contributed by atoms with Crippen LogP contribution in [0.25, 0.3) is 0 Å². The smallest absolute Gasteiger partial charge is 0.416 e. The zero-order valence-corrected chi connectivity index (χ0v) is 19.8. The number of carbonyl (C=O) groups excluding carboxylic acids is 2. The minimum atomic E-state index is -5.07. The summed E-state index contributed by atoms with van der Waals surface area (Å²) in [5, 5.41) is 2.74. The summed E-state index contributed by atoms with van der Waals surface area (Å²) in [4.78, 5) is 27.0. The van der Waals surface area contributed by atoms with E-state index in [1.807, 2.05) is 6.07 Å². The molecule has 0 saturated carbocycles. The summed E-state index contributed by atoms with van der Waals surface area (Å²) in [7, 11) is 0. The van der Waals surface area contributed by atoms with E-state index in [2.05, 4.69) is 5.32 Å². The normalized spacial score (nSPS) is 16.2. The molecule has 0 radical (unpaired) electrons. The van der Waals surface area contributed by atoms with Crippen molar-refractivity contribution in [2.45, 2.75) is 25.2 Å². The second kappa shape index (κ2) is 10.8. The average molecular weight is 536 g/mol. The average Bonchev–Trinajstić information content (AvgIpc) is 2.88. The molecule has 1 aliphatic heterocycles. The molecule has 4 rings (SSSR count). The van der Waals surface area contributed by atoms with Gasteiger partial charge in [0.05, 0.1) is 17.0 Å². The lowest BCUT2D eigenvalue weighted by Crippen LogP contribution is -2.43. The molecule has 0 aliphatic carbocycles. The molecule has 2 amide bonds. The van der Waals surface area contributed by atoms with E-state index in [0.29, 0.717) is 42.2 Å². The maximum absolute atomic E-state index is 13.2. The van der Waals surface area contributed by atoms with Gasteiger partial charge in [-0.3, -0.25) is 9.59 Å². The molecule has 1 saturated heterocycles. The largest absolute Gasteiger partial charge is 0.457 e. The zero-order chi connectivity index (χ0) is 27.5. The number of hydrogen-bond donors (Lipinski definition) is 1. The van der Waals surface area contributed by atoms with Gasteiger partial charge in [-0.2, -0.15) is 26.3 Å². The topological polar surface area (TPSA) is 58.6 Å². The van der Waals surface area contributed by atoms with Crippen LogP contribution < -0.4 is 10.1 Å². The highest BCUT2D eigenvalue weighted by Crippen LogP contribution is 2.37. The predicted octanol–water partition coefficient (Wildman–Crippen LogP) is 7.01. The van der Waals surface area contributed by atoms with Gasteiger partial charge in [0.25, 0.3) is 5.91 Å². The van der Waals surface area contributed by atoms with Crippen molar-refractivity contribution in [1.82, 2.24) is 4.90 Å². The van der Waals surface area contributed by atoms with Crippen LogP contribution in [-0.2, 0) is 17.1 Å². The Kier molecular flexibility index (Phi) is 7.66. The van der Waals surface area contributed by atoms with Crippen LogP contribution in [-0.4, -0.2) is 29.8 Å². The number of likely N-dealkylation sites (tertiary alicyclic amines) is 1. The van der Waals surface area contributed by atoms with Gasteiger partial charge >= 0.3 is 12.4 Å². The molecule has 1 unspecified atom stereocenters. The van der Waals surface area contributed by atoms with E-state index in [9.17, 15) is 35.9 Å². The minimum Gasteiger partial charge on any atom is -0.457 e. The molecule has 11 heteroatoms. The van der Waals surface area contributed by atoms with Crippen molar-refractivity contribution in [1.29, 1.82) is 0 Å². The molecule has 0 bridgehead atoms. The Morgan fingerprint density at radius 3 is 2.08 bits per heavy atom. The van der Waals surface area contributed by atoms with Gasteiger partial charge in [0, 0.05) is 30.4 Å². The fraction of sp³-hybridized carbons (Fsp3) is 0.259. The van der Waals surface area contributed by atoms with Gasteiger partial charge < -0.3 is 15.0 Å². The lowest BCUT2D eigenvalue weighted by molar-refractivity contribution is -0.143. The summed E-state index contributed by atoms with van der Waals surface area (Å²) >= 11 is 0. The van der Waals surface area contributed by atoms with Crippen molar-refractivity contribution in [3.63, 3.8) is 0 Å². The van der Waals surface area contributed by atoms with Crippen molar-refractivity contribution in [3.05, 3.63) is 89.5 Å². The quantitative estimate of drug-likeness (QED) is 0.357. The fourth-order valence-electron chi connectivity index (χ4n) is 4.14. The number of piperidine rings is 1. The first-order valence-corrected chi connectivity index (χ1v) is 11.6. The van der Waals surface area contributed by atoms with Crippen molar-refractivity contribution < 1.29 is 40.7 Å². The van der Waals surface area contributed by atoms with E-state index in [4.69, 9.17) is 4.74 Å². The van der Waals surface area contributed by atoms with Crippen molar-refractivity contribution >= 4 is 17.5 Å². The number of ether oxygens (including phenoxy) is 1. The number of nitrogens with one attached hydrogen (secondary N) is 1. The number of halogens is 6. The third-order valence-electron chi connectivity index (χ3n) is 5.99. The minimum absolute atomic E-state index is 0.0289. The van der Waals surface area contributed by atoms with Crippen molar-refractivity contribution in [3.8, 4) is 11.5 Å². The van der Waals surface area contributed by atoms with Crippen LogP contribution in [0.2, 0.25) is 0 Å². The highest BCUT2D eigenvalue weighted by molar-refractivity contribution is 5.96. The van der Waals surface area contributed by atoms with E-state index in [1.54, 1.807) is 48.5 Å². The lowest BCUT2D eigenvalue weighted by Gasteiger charge is -2.32. The highest BCUT2D eigenvalue weighted by atomic mass is 19.4. The second-order valence-corrected chi connectivity index (χ2v) is 8.82. The maximum Gasteiger partial charge on any atom is 0.416 e. The van der Waals surface area contributed by atoms with E-state index < -0.39 is 46.8 Å². The summed E-state index contributed by atoms with van der Waals surface area (Å²) in [5.74, 6) is -1.07. The summed E-state index contributed by atoms with van der Waals surface area (Å²) in [6.45, 7) is -0.0525. The van der Waals surface area contributed by atoms with Gasteiger partial charge in [-0.15, -0.1) is 0 Å². The molecule has 1 heterocycles. The SMILES string of the molecule is O=C(Nc1cccc(Oc2ccccc2)c1)C1CCCN(C(=O)c2cc(C(F)(F)F)cc(C(F)(F)F)c2)C1. The van der Waals surface area contributed by atoms with Crippen LogP contribution in [0.3, 0.4) is 0 Å². The fourth-order valence-corrected chi connectivity index (χ4v) is 4.14. The van der Waals surface area contributed by atoms with E-state index in [1.165, 1.54) is 0 Å². The molecule has 3 aromatic carbocycles. The van der Waals surface area contributed by atoms with Crippen LogP contribution in [0.1, 0.15) is 34.3 Å². The van der Waals surface area contributed by atoms with Crippen LogP contribution >= 0.6 is 0 Å². The standard InChI is InChI=1S/C27H22F6N2O3/c28-26(29,30)19-12-18(13-20(14-19)27(31,32)33)25(37)35-11-5-6-17(16-35)24(36)34-21-7-4-10-23(15-21)38-22-8-2-1-3-9-22/h1-4,7-10,12-15,17H,5-6,11,16H2,(H,34,36). The molecule has 200 valence electrons. The first-order chi connectivity index (χ1) is 17.9. The van der Waals surface area contributed by atoms with Gasteiger partial charge in [-0.1, -0.05) is 24.3 Å². The van der Waals surface area contributed by atoms with Crippen LogP contribution in [0.4, 0.5) is 32.0 Å². The Balaban J connectivity index is 1.47. The maximum atomic E-state index is 13.2. The first-order valence-electron chi connectivity index (χ1n) is 11.6. The number of rotatable bonds is 5. The third-order valence-corrected chi connectivity index (χ3v) is 5.99. The van der Waals surface area contributed by atoms with Gasteiger partial charge in [0.1, 0.15) is 11.5 Å². The molecule has 1 atom stereocenters. The monoisotopic (exact) mass is 536 g/mol. The third kappa shape index (κ3) is 6.64. The number of nitrogens with zero attached hydrogens (tertiary/aromatic N) is 1. The number of alkyl halides is 6. The number of hydrogen-bond acceptors (Lipinski definition) is 3. The molecule has 38 heavy (non-hydrogen) atoms. The summed E-state index contributed by atoms with van der Waals surface area (Å²) in [5.41, 5.74) is -3.45. The number of carbonyl (C=O) groups is 2.